The molecule has 0 aromatic heterocycles. The lowest BCUT2D eigenvalue weighted by Gasteiger charge is -2.26. The highest BCUT2D eigenvalue weighted by atomic mass is 19.1. The lowest BCUT2D eigenvalue weighted by Crippen LogP contribution is -2.58. The van der Waals surface area contributed by atoms with Gasteiger partial charge in [0.05, 0.1) is 13.2 Å². The van der Waals surface area contributed by atoms with E-state index in [9.17, 15) is 28.4 Å². The molecule has 0 bridgehead atoms. The van der Waals surface area contributed by atoms with Crippen molar-refractivity contribution >= 4 is 29.7 Å². The van der Waals surface area contributed by atoms with Crippen LogP contribution in [-0.2, 0) is 36.8 Å². The molecule has 0 aliphatic carbocycles. The molecule has 2 aromatic rings. The molecule has 11 nitrogen and oxygen atoms in total. The molecule has 1 unspecified atom stereocenters. The van der Waals surface area contributed by atoms with E-state index in [4.69, 9.17) is 4.74 Å². The zero-order chi connectivity index (χ0) is 33.6. The summed E-state index contributed by atoms with van der Waals surface area (Å²) in [5.41, 5.74) is 2.37. The average Bonchev–Trinajstić information content (AvgIpc) is 3.00. The number of aryl methyl sites for hydroxylation is 1. The summed E-state index contributed by atoms with van der Waals surface area (Å²) in [7, 11) is 1.23. The lowest BCUT2D eigenvalue weighted by molar-refractivity contribution is -0.144. The molecular weight excluding hydrogens is 593 g/mol. The van der Waals surface area contributed by atoms with Crippen LogP contribution in [0, 0.1) is 18.7 Å². The smallest absolute Gasteiger partial charge is 0.328 e. The molecule has 248 valence electrons. The maximum absolute atomic E-state index is 13.9. The van der Waals surface area contributed by atoms with Crippen molar-refractivity contribution in [3.05, 3.63) is 83.2 Å². The molecule has 2 aromatic carbocycles. The molecular formula is C34H44FN5O6. The molecule has 1 aliphatic rings. The second kappa shape index (κ2) is 17.7. The van der Waals surface area contributed by atoms with Crippen molar-refractivity contribution < 1.29 is 33.1 Å². The largest absolute Gasteiger partial charge is 0.467 e. The van der Waals surface area contributed by atoms with Crippen LogP contribution < -0.4 is 26.6 Å². The Labute approximate surface area is 269 Å². The number of benzene rings is 2. The highest BCUT2D eigenvalue weighted by molar-refractivity contribution is 5.93. The average molecular weight is 638 g/mol. The summed E-state index contributed by atoms with van der Waals surface area (Å²) >= 11 is 0. The summed E-state index contributed by atoms with van der Waals surface area (Å²) in [5.74, 6) is -2.70. The van der Waals surface area contributed by atoms with Gasteiger partial charge in [-0.15, -0.1) is 0 Å². The molecule has 0 spiro atoms. The van der Waals surface area contributed by atoms with Crippen LogP contribution in [0.3, 0.4) is 0 Å². The van der Waals surface area contributed by atoms with Gasteiger partial charge in [0.15, 0.2) is 0 Å². The molecule has 0 fully saturated rings. The Morgan fingerprint density at radius 1 is 1.02 bits per heavy atom. The minimum atomic E-state index is -1.09. The number of methoxy groups -OCH3 is 1. The first-order valence-electron chi connectivity index (χ1n) is 15.5. The summed E-state index contributed by atoms with van der Waals surface area (Å²) < 4.78 is 18.7. The van der Waals surface area contributed by atoms with E-state index in [1.807, 2.05) is 31.2 Å². The zero-order valence-electron chi connectivity index (χ0n) is 26.7. The van der Waals surface area contributed by atoms with Gasteiger partial charge in [0.1, 0.15) is 23.9 Å². The second-order valence-corrected chi connectivity index (χ2v) is 11.8. The number of hydrogen-bond acceptors (Lipinski definition) is 6. The Hall–Kier alpha value is -4.74. The van der Waals surface area contributed by atoms with Gasteiger partial charge in [0.2, 0.25) is 17.7 Å². The fraction of sp³-hybridized carbons (Fsp3) is 0.441. The van der Waals surface area contributed by atoms with Crippen LogP contribution in [0.15, 0.2) is 60.7 Å². The summed E-state index contributed by atoms with van der Waals surface area (Å²) in [5, 5.41) is 13.8. The van der Waals surface area contributed by atoms with E-state index < -0.39 is 53.8 Å². The Bertz CT molecular complexity index is 1410. The SMILES string of the molecule is COC(=O)C(NC(=O)N[C@@H](Cc1cccc(C)c1)C(=O)N[C@H]1CCCCNC(=O)/C=C/[C@H](Cc2cccc(F)c2)NC1=O)C(C)C. The highest BCUT2D eigenvalue weighted by Crippen LogP contribution is 2.12. The molecule has 1 aliphatic heterocycles. The standard InChI is InChI=1S/C34H44FN5O6/c1-21(2)30(33(44)46-4)40-34(45)39-28(20-23-10-7-9-22(3)17-23)32(43)38-27-13-5-6-16-36-29(41)15-14-26(37-31(27)42)19-24-11-8-12-25(35)18-24/h7-12,14-15,17-18,21,26-28,30H,5-6,13,16,19-20H2,1-4H3,(H,36,41)(H,37,42)(H,38,43)(H2,39,40,45)/b15-14+/t26-,27+,28+,30?/m1/s1. The van der Waals surface area contributed by atoms with Crippen molar-refractivity contribution in [2.75, 3.05) is 13.7 Å². The molecule has 5 amide bonds. The number of nitrogens with one attached hydrogen (secondary N) is 5. The van der Waals surface area contributed by atoms with Crippen LogP contribution in [0.1, 0.15) is 49.8 Å². The number of hydrogen-bond donors (Lipinski definition) is 5. The molecule has 4 atom stereocenters. The van der Waals surface area contributed by atoms with Crippen LogP contribution in [0.2, 0.25) is 0 Å². The molecule has 12 heteroatoms. The third kappa shape index (κ3) is 11.6. The first kappa shape index (κ1) is 35.7. The van der Waals surface area contributed by atoms with Crippen molar-refractivity contribution in [1.82, 2.24) is 26.6 Å². The van der Waals surface area contributed by atoms with Crippen LogP contribution in [0.5, 0.6) is 0 Å². The van der Waals surface area contributed by atoms with Crippen LogP contribution >= 0.6 is 0 Å². The zero-order valence-corrected chi connectivity index (χ0v) is 26.7. The van der Waals surface area contributed by atoms with Gasteiger partial charge in [-0.05, 0) is 61.8 Å². The summed E-state index contributed by atoms with van der Waals surface area (Å²) in [4.78, 5) is 64.9. The number of urea groups is 1. The molecule has 0 saturated heterocycles. The maximum atomic E-state index is 13.9. The van der Waals surface area contributed by atoms with E-state index >= 15 is 0 Å². The van der Waals surface area contributed by atoms with Gasteiger partial charge in [-0.3, -0.25) is 14.4 Å². The fourth-order valence-electron chi connectivity index (χ4n) is 5.11. The van der Waals surface area contributed by atoms with Crippen LogP contribution in [-0.4, -0.2) is 67.5 Å². The number of amides is 5. The van der Waals surface area contributed by atoms with E-state index in [1.54, 1.807) is 26.0 Å². The van der Waals surface area contributed by atoms with Crippen molar-refractivity contribution in [2.45, 2.75) is 77.0 Å². The van der Waals surface area contributed by atoms with Crippen LogP contribution in [0.4, 0.5) is 9.18 Å². The number of rotatable bonds is 10. The molecule has 5 N–H and O–H groups in total. The summed E-state index contributed by atoms with van der Waals surface area (Å²) in [6, 6.07) is 9.03. The topological polar surface area (TPSA) is 155 Å². The van der Waals surface area contributed by atoms with Crippen molar-refractivity contribution in [2.24, 2.45) is 5.92 Å². The van der Waals surface area contributed by atoms with E-state index in [1.165, 1.54) is 31.4 Å². The fourth-order valence-corrected chi connectivity index (χ4v) is 5.11. The molecule has 46 heavy (non-hydrogen) atoms. The van der Waals surface area contributed by atoms with Crippen molar-refractivity contribution in [3.63, 3.8) is 0 Å². The monoisotopic (exact) mass is 637 g/mol. The number of ether oxygens (including phenoxy) is 1. The third-order valence-corrected chi connectivity index (χ3v) is 7.56. The lowest BCUT2D eigenvalue weighted by atomic mass is 10.0. The van der Waals surface area contributed by atoms with E-state index in [2.05, 4.69) is 26.6 Å². The van der Waals surface area contributed by atoms with Gasteiger partial charge >= 0.3 is 12.0 Å². The van der Waals surface area contributed by atoms with Gasteiger partial charge in [-0.25, -0.2) is 14.0 Å². The quantitative estimate of drug-likeness (QED) is 0.253. The molecule has 0 saturated carbocycles. The Morgan fingerprint density at radius 3 is 2.46 bits per heavy atom. The number of carbonyl (C=O) groups is 5. The molecule has 3 rings (SSSR count). The van der Waals surface area contributed by atoms with Crippen LogP contribution in [0.25, 0.3) is 0 Å². The molecule has 1 heterocycles. The minimum Gasteiger partial charge on any atom is -0.467 e. The van der Waals surface area contributed by atoms with E-state index in [0.29, 0.717) is 24.9 Å². The number of halogens is 1. The van der Waals surface area contributed by atoms with Crippen molar-refractivity contribution in [3.8, 4) is 0 Å². The van der Waals surface area contributed by atoms with Crippen molar-refractivity contribution in [1.29, 1.82) is 0 Å². The third-order valence-electron chi connectivity index (χ3n) is 7.56. The minimum absolute atomic E-state index is 0.122. The first-order valence-corrected chi connectivity index (χ1v) is 15.5. The maximum Gasteiger partial charge on any atom is 0.328 e. The number of carbonyl (C=O) groups excluding carboxylic acids is 5. The Kier molecular flexibility index (Phi) is 13.7. The van der Waals surface area contributed by atoms with Gasteiger partial charge in [-0.1, -0.05) is 61.9 Å². The second-order valence-electron chi connectivity index (χ2n) is 11.8. The Balaban J connectivity index is 1.83. The predicted octanol–water partition coefficient (Wildman–Crippen LogP) is 2.61. The number of esters is 1. The predicted molar refractivity (Wildman–Crippen MR) is 171 cm³/mol. The summed E-state index contributed by atoms with van der Waals surface area (Å²) in [6.07, 6.45) is 4.56. The van der Waals surface area contributed by atoms with E-state index in [0.717, 1.165) is 11.1 Å². The van der Waals surface area contributed by atoms with Gasteiger partial charge < -0.3 is 31.3 Å². The van der Waals surface area contributed by atoms with Gasteiger partial charge in [-0.2, -0.15) is 0 Å². The first-order chi connectivity index (χ1) is 21.9. The highest BCUT2D eigenvalue weighted by Gasteiger charge is 2.30. The van der Waals surface area contributed by atoms with E-state index in [-0.39, 0.29) is 31.1 Å². The Morgan fingerprint density at radius 2 is 1.76 bits per heavy atom. The van der Waals surface area contributed by atoms with Gasteiger partial charge in [0, 0.05) is 19.0 Å². The normalized spacial score (nSPS) is 19.3. The molecule has 0 radical (unpaired) electrons. The van der Waals surface area contributed by atoms with Gasteiger partial charge in [0.25, 0.3) is 0 Å². The summed E-state index contributed by atoms with van der Waals surface area (Å²) in [6.45, 7) is 5.80.